The Hall–Kier alpha value is -1.96. The first-order valence-corrected chi connectivity index (χ1v) is 6.88. The van der Waals surface area contributed by atoms with Crippen LogP contribution in [0.4, 0.5) is 0 Å². The first kappa shape index (κ1) is 12.1. The van der Waals surface area contributed by atoms with Crippen LogP contribution in [0.2, 0.25) is 0 Å². The molecule has 0 aliphatic carbocycles. The predicted octanol–water partition coefficient (Wildman–Crippen LogP) is 4.60. The number of rotatable bonds is 3. The number of fused-ring (bicyclic) bond motifs is 3. The van der Waals surface area contributed by atoms with Gasteiger partial charge in [-0.1, -0.05) is 18.2 Å². The van der Waals surface area contributed by atoms with Crippen LogP contribution >= 0.6 is 0 Å². The van der Waals surface area contributed by atoms with E-state index in [0.29, 0.717) is 0 Å². The summed E-state index contributed by atoms with van der Waals surface area (Å²) in [7, 11) is 0. The number of hydrogen-bond donors (Lipinski definition) is 0. The van der Waals surface area contributed by atoms with Gasteiger partial charge in [-0.25, -0.2) is 0 Å². The van der Waals surface area contributed by atoms with Gasteiger partial charge in [-0.3, -0.25) is 0 Å². The maximum atomic E-state index is 5.80. The molecule has 0 fully saturated rings. The maximum Gasteiger partial charge on any atom is 0.120 e. The molecule has 0 aliphatic rings. The van der Waals surface area contributed by atoms with Gasteiger partial charge in [0.15, 0.2) is 0 Å². The average Bonchev–Trinajstić information content (AvgIpc) is 2.71. The molecule has 0 aliphatic heterocycles. The van der Waals surface area contributed by atoms with Crippen molar-refractivity contribution in [2.24, 2.45) is 0 Å². The lowest BCUT2D eigenvalue weighted by molar-refractivity contribution is 0.243. The van der Waals surface area contributed by atoms with E-state index in [2.05, 4.69) is 67.8 Å². The third-order valence-corrected chi connectivity index (χ3v) is 3.43. The third kappa shape index (κ3) is 1.97. The van der Waals surface area contributed by atoms with Gasteiger partial charge in [-0.05, 0) is 45.0 Å². The summed E-state index contributed by atoms with van der Waals surface area (Å²) in [6.45, 7) is 7.28. The quantitative estimate of drug-likeness (QED) is 0.665. The van der Waals surface area contributed by atoms with Crippen LogP contribution in [0.3, 0.4) is 0 Å². The molecule has 0 saturated carbocycles. The van der Waals surface area contributed by atoms with Crippen molar-refractivity contribution in [1.82, 2.24) is 4.57 Å². The smallest absolute Gasteiger partial charge is 0.120 e. The molecular weight excluding hydrogens is 234 g/mol. The highest BCUT2D eigenvalue weighted by atomic mass is 16.5. The fraction of sp³-hybridized carbons (Fsp3) is 0.294. The molecule has 19 heavy (non-hydrogen) atoms. The molecule has 3 rings (SSSR count). The summed E-state index contributed by atoms with van der Waals surface area (Å²) in [6, 6.07) is 14.9. The molecule has 0 atom stereocenters. The number of ether oxygens (including phenoxy) is 1. The van der Waals surface area contributed by atoms with Gasteiger partial charge in [0.25, 0.3) is 0 Å². The molecule has 2 nitrogen and oxygen atoms in total. The Balaban J connectivity index is 2.30. The molecule has 0 N–H and O–H groups in total. The average molecular weight is 253 g/mol. The zero-order chi connectivity index (χ0) is 13.4. The van der Waals surface area contributed by atoms with Gasteiger partial charge in [0.1, 0.15) is 5.75 Å². The molecular formula is C17H19NO. The van der Waals surface area contributed by atoms with Crippen molar-refractivity contribution in [2.75, 3.05) is 0 Å². The SMILES string of the molecule is CCn1c2ccccc2c2cc(OC(C)C)ccc21. The molecule has 2 aromatic carbocycles. The first-order chi connectivity index (χ1) is 9.20. The van der Waals surface area contributed by atoms with Gasteiger partial charge in [0, 0.05) is 28.4 Å². The predicted molar refractivity (Wildman–Crippen MR) is 80.9 cm³/mol. The second-order valence-electron chi connectivity index (χ2n) is 5.11. The molecule has 0 radical (unpaired) electrons. The lowest BCUT2D eigenvalue weighted by Crippen LogP contribution is -2.05. The lowest BCUT2D eigenvalue weighted by Gasteiger charge is -2.10. The molecule has 0 amide bonds. The van der Waals surface area contributed by atoms with Gasteiger partial charge in [-0.15, -0.1) is 0 Å². The van der Waals surface area contributed by atoms with E-state index < -0.39 is 0 Å². The summed E-state index contributed by atoms with van der Waals surface area (Å²) >= 11 is 0. The van der Waals surface area contributed by atoms with Crippen molar-refractivity contribution in [3.63, 3.8) is 0 Å². The molecule has 3 aromatic rings. The van der Waals surface area contributed by atoms with E-state index in [1.165, 1.54) is 21.8 Å². The van der Waals surface area contributed by atoms with Crippen LogP contribution in [0.15, 0.2) is 42.5 Å². The topological polar surface area (TPSA) is 14.2 Å². The van der Waals surface area contributed by atoms with E-state index in [1.54, 1.807) is 0 Å². The van der Waals surface area contributed by atoms with Crippen molar-refractivity contribution >= 4 is 21.8 Å². The Bertz CT molecular complexity index is 725. The second-order valence-corrected chi connectivity index (χ2v) is 5.11. The van der Waals surface area contributed by atoms with Gasteiger partial charge >= 0.3 is 0 Å². The lowest BCUT2D eigenvalue weighted by atomic mass is 10.1. The highest BCUT2D eigenvalue weighted by Crippen LogP contribution is 2.31. The summed E-state index contributed by atoms with van der Waals surface area (Å²) in [4.78, 5) is 0. The Morgan fingerprint density at radius 1 is 1.00 bits per heavy atom. The van der Waals surface area contributed by atoms with Crippen LogP contribution in [-0.2, 0) is 6.54 Å². The van der Waals surface area contributed by atoms with Crippen LogP contribution in [0.25, 0.3) is 21.8 Å². The minimum absolute atomic E-state index is 0.206. The van der Waals surface area contributed by atoms with Gasteiger partial charge < -0.3 is 9.30 Å². The van der Waals surface area contributed by atoms with Crippen molar-refractivity contribution in [3.05, 3.63) is 42.5 Å². The molecule has 2 heteroatoms. The molecule has 0 unspecified atom stereocenters. The van der Waals surface area contributed by atoms with Crippen LogP contribution in [0.5, 0.6) is 5.75 Å². The third-order valence-electron chi connectivity index (χ3n) is 3.43. The van der Waals surface area contributed by atoms with E-state index in [1.807, 2.05) is 0 Å². The van der Waals surface area contributed by atoms with Crippen molar-refractivity contribution in [2.45, 2.75) is 33.4 Å². The van der Waals surface area contributed by atoms with Crippen LogP contribution in [-0.4, -0.2) is 10.7 Å². The fourth-order valence-electron chi connectivity index (χ4n) is 2.72. The summed E-state index contributed by atoms with van der Waals surface area (Å²) in [5.41, 5.74) is 2.57. The normalized spacial score (nSPS) is 11.6. The van der Waals surface area contributed by atoms with E-state index in [-0.39, 0.29) is 6.10 Å². The number of hydrogen-bond acceptors (Lipinski definition) is 1. The van der Waals surface area contributed by atoms with Gasteiger partial charge in [0.05, 0.1) is 6.10 Å². The minimum Gasteiger partial charge on any atom is -0.491 e. The Kier molecular flexibility index (Phi) is 2.94. The highest BCUT2D eigenvalue weighted by Gasteiger charge is 2.10. The number of nitrogens with zero attached hydrogens (tertiary/aromatic N) is 1. The molecule has 98 valence electrons. The van der Waals surface area contributed by atoms with Crippen molar-refractivity contribution in [1.29, 1.82) is 0 Å². The van der Waals surface area contributed by atoms with E-state index in [0.717, 1.165) is 12.3 Å². The Labute approximate surface area is 113 Å². The molecule has 1 heterocycles. The zero-order valence-corrected chi connectivity index (χ0v) is 11.7. The maximum absolute atomic E-state index is 5.80. The number of para-hydroxylation sites is 1. The minimum atomic E-state index is 0.206. The van der Waals surface area contributed by atoms with Crippen LogP contribution in [0.1, 0.15) is 20.8 Å². The standard InChI is InChI=1S/C17H19NO/c1-4-18-16-8-6-5-7-14(16)15-11-13(19-12(2)3)9-10-17(15)18/h5-12H,4H2,1-3H3. The van der Waals surface area contributed by atoms with Crippen molar-refractivity contribution in [3.8, 4) is 5.75 Å². The fourth-order valence-corrected chi connectivity index (χ4v) is 2.72. The summed E-state index contributed by atoms with van der Waals surface area (Å²) < 4.78 is 8.16. The monoisotopic (exact) mass is 253 g/mol. The summed E-state index contributed by atoms with van der Waals surface area (Å²) in [5.74, 6) is 0.946. The largest absolute Gasteiger partial charge is 0.491 e. The molecule has 1 aromatic heterocycles. The van der Waals surface area contributed by atoms with Crippen LogP contribution < -0.4 is 4.74 Å². The van der Waals surface area contributed by atoms with Crippen molar-refractivity contribution < 1.29 is 4.74 Å². The second kappa shape index (κ2) is 4.61. The van der Waals surface area contributed by atoms with Gasteiger partial charge in [0.2, 0.25) is 0 Å². The number of aromatic nitrogens is 1. The Morgan fingerprint density at radius 2 is 1.74 bits per heavy atom. The summed E-state index contributed by atoms with van der Waals surface area (Å²) in [6.07, 6.45) is 0.206. The van der Waals surface area contributed by atoms with Gasteiger partial charge in [-0.2, -0.15) is 0 Å². The zero-order valence-electron chi connectivity index (χ0n) is 11.7. The first-order valence-electron chi connectivity index (χ1n) is 6.88. The number of aryl methyl sites for hydroxylation is 1. The molecule has 0 spiro atoms. The Morgan fingerprint density at radius 3 is 2.47 bits per heavy atom. The van der Waals surface area contributed by atoms with E-state index in [4.69, 9.17) is 4.74 Å². The van der Waals surface area contributed by atoms with Crippen LogP contribution in [0, 0.1) is 0 Å². The number of benzene rings is 2. The molecule has 0 bridgehead atoms. The van der Waals surface area contributed by atoms with E-state index >= 15 is 0 Å². The summed E-state index contributed by atoms with van der Waals surface area (Å²) in [5, 5.41) is 2.57. The highest BCUT2D eigenvalue weighted by molar-refractivity contribution is 6.08. The molecule has 0 saturated heterocycles. The van der Waals surface area contributed by atoms with E-state index in [9.17, 15) is 0 Å².